The van der Waals surface area contributed by atoms with Gasteiger partial charge in [0.1, 0.15) is 6.61 Å². The topological polar surface area (TPSA) is 43.4 Å². The molecule has 0 N–H and O–H groups in total. The lowest BCUT2D eigenvalue weighted by Crippen LogP contribution is -2.04. The van der Waals surface area contributed by atoms with Gasteiger partial charge in [0.25, 0.3) is 0 Å². The number of allylic oxidation sites excluding steroid dienone is 1. The van der Waals surface area contributed by atoms with Crippen LogP contribution in [-0.2, 0) is 27.4 Å². The molecule has 0 spiro atoms. The van der Waals surface area contributed by atoms with Gasteiger partial charge < -0.3 is 4.74 Å². The van der Waals surface area contributed by atoms with Gasteiger partial charge in [-0.3, -0.25) is 4.79 Å². The number of rotatable bonds is 6. The number of hydrogen-bond donors (Lipinski definition) is 0. The molecule has 0 aliphatic carbocycles. The van der Waals surface area contributed by atoms with Crippen LogP contribution < -0.4 is 0 Å². The maximum Gasteiger partial charge on any atom is 0.333 e. The van der Waals surface area contributed by atoms with Gasteiger partial charge in [0.2, 0.25) is 0 Å². The summed E-state index contributed by atoms with van der Waals surface area (Å²) in [5, 5.41) is 0. The van der Waals surface area contributed by atoms with Crippen molar-refractivity contribution >= 4 is 11.8 Å². The molecule has 0 saturated carbocycles. The van der Waals surface area contributed by atoms with E-state index in [0.29, 0.717) is 17.6 Å². The van der Waals surface area contributed by atoms with Gasteiger partial charge >= 0.3 is 5.97 Å². The highest BCUT2D eigenvalue weighted by Crippen LogP contribution is 2.09. The molecular weight excluding hydrogens is 432 g/mol. The zero-order valence-electron chi connectivity index (χ0n) is 20.0. The highest BCUT2D eigenvalue weighted by atomic mass is 16.5. The Morgan fingerprint density at radius 3 is 1.37 bits per heavy atom. The predicted octanol–water partition coefficient (Wildman–Crippen LogP) is 5.79. The third-order valence-electron chi connectivity index (χ3n) is 5.05. The minimum atomic E-state index is -0.396. The number of carbonyl (C=O) groups excluding carboxylic acids is 2. The van der Waals surface area contributed by atoms with Crippen LogP contribution >= 0.6 is 0 Å². The summed E-state index contributed by atoms with van der Waals surface area (Å²) in [6.45, 7) is 10.8. The van der Waals surface area contributed by atoms with Gasteiger partial charge in [0.15, 0.2) is 5.78 Å². The second kappa shape index (κ2) is 12.0. The van der Waals surface area contributed by atoms with E-state index in [0.717, 1.165) is 33.4 Å². The minimum absolute atomic E-state index is 0.0469. The lowest BCUT2D eigenvalue weighted by Gasteiger charge is -2.04. The Morgan fingerprint density at radius 1 is 0.629 bits per heavy atom. The average Bonchev–Trinajstić information content (AvgIpc) is 2.86. The number of benzene rings is 3. The van der Waals surface area contributed by atoms with Crippen molar-refractivity contribution < 1.29 is 14.3 Å². The van der Waals surface area contributed by atoms with E-state index in [1.54, 1.807) is 13.8 Å². The van der Waals surface area contributed by atoms with E-state index in [1.807, 2.05) is 72.8 Å². The largest absolute Gasteiger partial charge is 0.457 e. The summed E-state index contributed by atoms with van der Waals surface area (Å²) in [5.41, 5.74) is 6.34. The fraction of sp³-hybridized carbons (Fsp3) is 0.125. The summed E-state index contributed by atoms with van der Waals surface area (Å²) in [6.07, 6.45) is 0.362. The Hall–Kier alpha value is -4.60. The Labute approximate surface area is 207 Å². The zero-order valence-corrected chi connectivity index (χ0v) is 20.0. The molecule has 0 unspecified atom stereocenters. The Kier molecular flexibility index (Phi) is 8.60. The van der Waals surface area contributed by atoms with Gasteiger partial charge in [-0.15, -0.1) is 0 Å². The Balaban J connectivity index is 1.57. The van der Waals surface area contributed by atoms with E-state index in [-0.39, 0.29) is 12.4 Å². The monoisotopic (exact) mass is 458 g/mol. The maximum atomic E-state index is 11.8. The maximum absolute atomic E-state index is 11.8. The SMILES string of the molecule is C=C(C)C(=O)Cc1ccc(C#Cc2ccc(C#Cc3ccc(COC(=O)C(=C)C)cc3)cc2)cc1. The molecule has 3 rings (SSSR count). The Morgan fingerprint density at radius 2 is 1.00 bits per heavy atom. The van der Waals surface area contributed by atoms with Gasteiger partial charge in [-0.05, 0) is 79.1 Å². The molecule has 3 aromatic carbocycles. The summed E-state index contributed by atoms with van der Waals surface area (Å²) in [6, 6.07) is 23.0. The highest BCUT2D eigenvalue weighted by molar-refractivity contribution is 5.95. The number of hydrogen-bond acceptors (Lipinski definition) is 3. The number of ether oxygens (including phenoxy) is 1. The van der Waals surface area contributed by atoms with Crippen molar-refractivity contribution in [2.45, 2.75) is 26.9 Å². The van der Waals surface area contributed by atoms with Crippen molar-refractivity contribution in [3.05, 3.63) is 130 Å². The van der Waals surface area contributed by atoms with Crippen molar-refractivity contribution in [1.82, 2.24) is 0 Å². The molecule has 0 fully saturated rings. The number of ketones is 1. The van der Waals surface area contributed by atoms with E-state index >= 15 is 0 Å². The normalized spacial score (nSPS) is 9.66. The fourth-order valence-electron chi connectivity index (χ4n) is 2.92. The molecule has 35 heavy (non-hydrogen) atoms. The van der Waals surface area contributed by atoms with Crippen molar-refractivity contribution in [2.24, 2.45) is 0 Å². The molecule has 0 saturated heterocycles. The third-order valence-corrected chi connectivity index (χ3v) is 5.05. The molecule has 0 aliphatic rings. The Bertz CT molecular complexity index is 1370. The fourth-order valence-corrected chi connectivity index (χ4v) is 2.92. The van der Waals surface area contributed by atoms with Crippen LogP contribution in [0.1, 0.15) is 47.2 Å². The lowest BCUT2D eigenvalue weighted by molar-refractivity contribution is -0.140. The van der Waals surface area contributed by atoms with Crippen LogP contribution in [0.2, 0.25) is 0 Å². The average molecular weight is 459 g/mol. The summed E-state index contributed by atoms with van der Waals surface area (Å²) >= 11 is 0. The van der Waals surface area contributed by atoms with E-state index in [2.05, 4.69) is 36.8 Å². The van der Waals surface area contributed by atoms with E-state index in [9.17, 15) is 9.59 Å². The molecule has 0 amide bonds. The van der Waals surface area contributed by atoms with Crippen molar-refractivity contribution in [1.29, 1.82) is 0 Å². The molecular formula is C32H26O3. The molecule has 0 aliphatic heterocycles. The van der Waals surface area contributed by atoms with E-state index in [1.165, 1.54) is 0 Å². The second-order valence-electron chi connectivity index (χ2n) is 8.21. The summed E-state index contributed by atoms with van der Waals surface area (Å²) in [4.78, 5) is 23.3. The van der Waals surface area contributed by atoms with Gasteiger partial charge in [-0.25, -0.2) is 4.79 Å². The number of esters is 1. The standard InChI is InChI=1S/C32H26O3/c1-23(2)31(33)21-29-17-13-27(14-18-29)11-9-25-5-7-26(8-6-25)10-12-28-15-19-30(20-16-28)22-35-32(34)24(3)4/h5-8,13-20H,1,3,21-22H2,2,4H3. The molecule has 0 bridgehead atoms. The molecule has 172 valence electrons. The molecule has 0 atom stereocenters. The molecule has 3 heteroatoms. The van der Waals surface area contributed by atoms with Crippen LogP contribution in [0.25, 0.3) is 0 Å². The van der Waals surface area contributed by atoms with Crippen molar-refractivity contribution in [2.75, 3.05) is 0 Å². The first-order valence-electron chi connectivity index (χ1n) is 11.1. The van der Waals surface area contributed by atoms with Crippen LogP contribution in [0.3, 0.4) is 0 Å². The highest BCUT2D eigenvalue weighted by Gasteiger charge is 2.04. The smallest absolute Gasteiger partial charge is 0.333 e. The zero-order chi connectivity index (χ0) is 25.2. The molecule has 0 aromatic heterocycles. The summed E-state index contributed by atoms with van der Waals surface area (Å²) in [7, 11) is 0. The van der Waals surface area contributed by atoms with Gasteiger partial charge in [0, 0.05) is 34.2 Å². The molecule has 3 nitrogen and oxygen atoms in total. The summed E-state index contributed by atoms with van der Waals surface area (Å²) in [5.74, 6) is 12.2. The summed E-state index contributed by atoms with van der Waals surface area (Å²) < 4.78 is 5.14. The van der Waals surface area contributed by atoms with Crippen LogP contribution in [0.15, 0.2) is 97.1 Å². The van der Waals surface area contributed by atoms with Crippen LogP contribution in [0.5, 0.6) is 0 Å². The van der Waals surface area contributed by atoms with Crippen molar-refractivity contribution in [3.8, 4) is 23.7 Å². The molecule has 0 heterocycles. The van der Waals surface area contributed by atoms with Crippen LogP contribution in [0.4, 0.5) is 0 Å². The van der Waals surface area contributed by atoms with Gasteiger partial charge in [-0.1, -0.05) is 61.1 Å². The molecule has 0 radical (unpaired) electrons. The first kappa shape index (κ1) is 25.0. The third kappa shape index (κ3) is 8.04. The van der Waals surface area contributed by atoms with Gasteiger partial charge in [0.05, 0.1) is 0 Å². The minimum Gasteiger partial charge on any atom is -0.457 e. The first-order valence-corrected chi connectivity index (χ1v) is 11.1. The predicted molar refractivity (Wildman–Crippen MR) is 139 cm³/mol. The number of Topliss-reactive ketones (excluding diaryl/α,β-unsaturated/α-hetero) is 1. The van der Waals surface area contributed by atoms with Crippen molar-refractivity contribution in [3.63, 3.8) is 0 Å². The van der Waals surface area contributed by atoms with E-state index in [4.69, 9.17) is 4.74 Å². The first-order chi connectivity index (χ1) is 16.8. The number of carbonyl (C=O) groups is 2. The van der Waals surface area contributed by atoms with Crippen LogP contribution in [0, 0.1) is 23.7 Å². The lowest BCUT2D eigenvalue weighted by atomic mass is 10.0. The van der Waals surface area contributed by atoms with E-state index < -0.39 is 5.97 Å². The molecule has 3 aromatic rings. The second-order valence-corrected chi connectivity index (χ2v) is 8.21. The van der Waals surface area contributed by atoms with Gasteiger partial charge in [-0.2, -0.15) is 0 Å². The van der Waals surface area contributed by atoms with Crippen LogP contribution in [-0.4, -0.2) is 11.8 Å². The quantitative estimate of drug-likeness (QED) is 0.267.